The van der Waals surface area contributed by atoms with Crippen molar-refractivity contribution >= 4 is 46.3 Å². The Labute approximate surface area is 142 Å². The third kappa shape index (κ3) is 2.98. The van der Waals surface area contributed by atoms with Gasteiger partial charge in [-0.15, -0.1) is 0 Å². The van der Waals surface area contributed by atoms with Crippen molar-refractivity contribution in [1.82, 2.24) is 0 Å². The van der Waals surface area contributed by atoms with Crippen LogP contribution in [0.3, 0.4) is 0 Å². The largest absolute Gasteiger partial charge is 0.496 e. The van der Waals surface area contributed by atoms with Crippen LogP contribution in [0.4, 0.5) is 10.5 Å². The smallest absolute Gasteiger partial charge is 0.298 e. The van der Waals surface area contributed by atoms with Crippen LogP contribution in [-0.2, 0) is 4.79 Å². The van der Waals surface area contributed by atoms with Crippen LogP contribution in [-0.4, -0.2) is 18.3 Å². The SMILES string of the molecule is COc1ccccc1/C=C1\SC(=O)N(c2ccccc2Cl)C1=O. The summed E-state index contributed by atoms with van der Waals surface area (Å²) in [5.74, 6) is 0.246. The van der Waals surface area contributed by atoms with Crippen LogP contribution in [0, 0.1) is 0 Å². The maximum atomic E-state index is 12.6. The lowest BCUT2D eigenvalue weighted by Gasteiger charge is -2.13. The summed E-state index contributed by atoms with van der Waals surface area (Å²) >= 11 is 6.98. The predicted octanol–water partition coefficient (Wildman–Crippen LogP) is 4.59. The molecule has 0 aromatic heterocycles. The van der Waals surface area contributed by atoms with E-state index in [0.717, 1.165) is 22.2 Å². The average Bonchev–Trinajstić information content (AvgIpc) is 2.83. The normalized spacial score (nSPS) is 16.3. The van der Waals surface area contributed by atoms with Crippen LogP contribution in [0.5, 0.6) is 5.75 Å². The van der Waals surface area contributed by atoms with Crippen LogP contribution < -0.4 is 9.64 Å². The standard InChI is InChI=1S/C17H12ClNO3S/c1-22-14-9-5-2-6-11(14)10-15-16(20)19(17(21)23-15)13-8-4-3-7-12(13)18/h2-10H,1H3/b15-10-. The number of thioether (sulfide) groups is 1. The molecule has 1 saturated heterocycles. The zero-order chi connectivity index (χ0) is 16.4. The highest BCUT2D eigenvalue weighted by molar-refractivity contribution is 8.19. The van der Waals surface area contributed by atoms with Crippen molar-refractivity contribution in [3.05, 3.63) is 64.0 Å². The number of nitrogens with zero attached hydrogens (tertiary/aromatic N) is 1. The van der Waals surface area contributed by atoms with Gasteiger partial charge in [0.15, 0.2) is 0 Å². The summed E-state index contributed by atoms with van der Waals surface area (Å²) in [6, 6.07) is 14.1. The Balaban J connectivity index is 1.99. The molecule has 1 fully saturated rings. The van der Waals surface area contributed by atoms with Gasteiger partial charge in [0, 0.05) is 5.56 Å². The van der Waals surface area contributed by atoms with E-state index in [0.29, 0.717) is 21.4 Å². The summed E-state index contributed by atoms with van der Waals surface area (Å²) in [5, 5.41) is -0.0161. The van der Waals surface area contributed by atoms with Crippen molar-refractivity contribution in [2.75, 3.05) is 12.0 Å². The Hall–Kier alpha value is -2.24. The molecule has 4 nitrogen and oxygen atoms in total. The number of amides is 2. The first-order valence-electron chi connectivity index (χ1n) is 6.77. The van der Waals surface area contributed by atoms with Gasteiger partial charge in [-0.1, -0.05) is 41.9 Å². The molecule has 3 rings (SSSR count). The third-order valence-electron chi connectivity index (χ3n) is 3.31. The lowest BCUT2D eigenvalue weighted by molar-refractivity contribution is -0.113. The Kier molecular flexibility index (Phi) is 4.41. The molecule has 1 aliphatic heterocycles. The van der Waals surface area contributed by atoms with E-state index in [1.807, 2.05) is 18.2 Å². The molecule has 6 heteroatoms. The van der Waals surface area contributed by atoms with Gasteiger partial charge < -0.3 is 4.74 Å². The van der Waals surface area contributed by atoms with Crippen LogP contribution in [0.2, 0.25) is 5.02 Å². The monoisotopic (exact) mass is 345 g/mol. The number of ether oxygens (including phenoxy) is 1. The zero-order valence-electron chi connectivity index (χ0n) is 12.2. The van der Waals surface area contributed by atoms with Crippen molar-refractivity contribution < 1.29 is 14.3 Å². The second-order valence-corrected chi connectivity index (χ2v) is 6.11. The summed E-state index contributed by atoms with van der Waals surface area (Å²) in [7, 11) is 1.56. The molecule has 2 amide bonds. The molecule has 0 radical (unpaired) electrons. The fourth-order valence-electron chi connectivity index (χ4n) is 2.24. The third-order valence-corrected chi connectivity index (χ3v) is 4.50. The molecule has 2 aromatic rings. The molecule has 1 aliphatic rings. The molecule has 0 spiro atoms. The van der Waals surface area contributed by atoms with E-state index >= 15 is 0 Å². The number of para-hydroxylation sites is 2. The van der Waals surface area contributed by atoms with Crippen molar-refractivity contribution in [3.8, 4) is 5.75 Å². The molecule has 0 unspecified atom stereocenters. The second kappa shape index (κ2) is 6.48. The molecule has 2 aromatic carbocycles. The number of hydrogen-bond donors (Lipinski definition) is 0. The number of carbonyl (C=O) groups excluding carboxylic acids is 2. The van der Waals surface area contributed by atoms with Gasteiger partial charge in [-0.05, 0) is 36.0 Å². The lowest BCUT2D eigenvalue weighted by atomic mass is 10.2. The topological polar surface area (TPSA) is 46.6 Å². The van der Waals surface area contributed by atoms with Gasteiger partial charge in [0.25, 0.3) is 11.1 Å². The molecule has 1 heterocycles. The van der Waals surface area contributed by atoms with Crippen molar-refractivity contribution in [2.24, 2.45) is 0 Å². The Morgan fingerprint density at radius 1 is 1.09 bits per heavy atom. The number of imide groups is 1. The van der Waals surface area contributed by atoms with Gasteiger partial charge in [-0.25, -0.2) is 4.90 Å². The van der Waals surface area contributed by atoms with E-state index in [4.69, 9.17) is 16.3 Å². The maximum Gasteiger partial charge on any atom is 0.298 e. The zero-order valence-corrected chi connectivity index (χ0v) is 13.7. The fraction of sp³-hybridized carbons (Fsp3) is 0.0588. The minimum Gasteiger partial charge on any atom is -0.496 e. The predicted molar refractivity (Wildman–Crippen MR) is 92.9 cm³/mol. The van der Waals surface area contributed by atoms with Gasteiger partial charge in [0.05, 0.1) is 22.7 Å². The van der Waals surface area contributed by atoms with E-state index in [9.17, 15) is 9.59 Å². The number of methoxy groups -OCH3 is 1. The Morgan fingerprint density at radius 2 is 1.78 bits per heavy atom. The summed E-state index contributed by atoms with van der Waals surface area (Å²) < 4.78 is 5.26. The summed E-state index contributed by atoms with van der Waals surface area (Å²) in [6.45, 7) is 0. The lowest BCUT2D eigenvalue weighted by Crippen LogP contribution is -2.27. The molecule has 0 atom stereocenters. The first kappa shape index (κ1) is 15.6. The number of hydrogen-bond acceptors (Lipinski definition) is 4. The number of anilines is 1. The average molecular weight is 346 g/mol. The van der Waals surface area contributed by atoms with Gasteiger partial charge in [0.2, 0.25) is 0 Å². The van der Waals surface area contributed by atoms with Gasteiger partial charge in [0.1, 0.15) is 5.75 Å². The first-order valence-corrected chi connectivity index (χ1v) is 7.97. The summed E-state index contributed by atoms with van der Waals surface area (Å²) in [5.41, 5.74) is 1.12. The molecule has 0 N–H and O–H groups in total. The minimum atomic E-state index is -0.390. The molecule has 116 valence electrons. The number of halogens is 1. The van der Waals surface area contributed by atoms with Gasteiger partial charge in [-0.2, -0.15) is 0 Å². The molecule has 0 saturated carbocycles. The number of rotatable bonds is 3. The quantitative estimate of drug-likeness (QED) is 0.763. The second-order valence-electron chi connectivity index (χ2n) is 4.71. The van der Waals surface area contributed by atoms with Crippen molar-refractivity contribution in [2.45, 2.75) is 0 Å². The molecular formula is C17H12ClNO3S. The summed E-state index contributed by atoms with van der Waals surface area (Å²) in [6.07, 6.45) is 1.65. The van der Waals surface area contributed by atoms with Crippen LogP contribution in [0.15, 0.2) is 53.4 Å². The molecule has 0 bridgehead atoms. The summed E-state index contributed by atoms with van der Waals surface area (Å²) in [4.78, 5) is 26.2. The number of carbonyl (C=O) groups is 2. The van der Waals surface area contributed by atoms with E-state index < -0.39 is 0 Å². The number of benzene rings is 2. The van der Waals surface area contributed by atoms with E-state index in [2.05, 4.69) is 0 Å². The highest BCUT2D eigenvalue weighted by Crippen LogP contribution is 2.39. The van der Waals surface area contributed by atoms with Crippen molar-refractivity contribution in [1.29, 1.82) is 0 Å². The van der Waals surface area contributed by atoms with Crippen molar-refractivity contribution in [3.63, 3.8) is 0 Å². The Morgan fingerprint density at radius 3 is 2.52 bits per heavy atom. The highest BCUT2D eigenvalue weighted by Gasteiger charge is 2.37. The minimum absolute atomic E-state index is 0.333. The fourth-order valence-corrected chi connectivity index (χ4v) is 3.28. The molecule has 23 heavy (non-hydrogen) atoms. The molecular weight excluding hydrogens is 334 g/mol. The maximum absolute atomic E-state index is 12.6. The van der Waals surface area contributed by atoms with Gasteiger partial charge in [-0.3, -0.25) is 9.59 Å². The van der Waals surface area contributed by atoms with Crippen LogP contribution in [0.25, 0.3) is 6.08 Å². The Bertz CT molecular complexity index is 819. The first-order chi connectivity index (χ1) is 11.1. The van der Waals surface area contributed by atoms with E-state index in [1.54, 1.807) is 43.5 Å². The van der Waals surface area contributed by atoms with E-state index in [-0.39, 0.29) is 11.1 Å². The van der Waals surface area contributed by atoms with Crippen LogP contribution in [0.1, 0.15) is 5.56 Å². The van der Waals surface area contributed by atoms with Crippen LogP contribution >= 0.6 is 23.4 Å². The highest BCUT2D eigenvalue weighted by atomic mass is 35.5. The molecule has 0 aliphatic carbocycles. The van der Waals surface area contributed by atoms with E-state index in [1.165, 1.54) is 0 Å². The van der Waals surface area contributed by atoms with Gasteiger partial charge >= 0.3 is 0 Å².